The van der Waals surface area contributed by atoms with Crippen molar-refractivity contribution in [3.8, 4) is 16.9 Å². The van der Waals surface area contributed by atoms with Gasteiger partial charge in [-0.3, -0.25) is 9.36 Å². The minimum Gasteiger partial charge on any atom is -0.496 e. The highest BCUT2D eigenvalue weighted by Gasteiger charge is 2.21. The average Bonchev–Trinajstić information content (AvgIpc) is 2.97. The smallest absolute Gasteiger partial charge is 0.262 e. The predicted octanol–water partition coefficient (Wildman–Crippen LogP) is 4.35. The van der Waals surface area contributed by atoms with E-state index in [0.29, 0.717) is 18.5 Å². The number of rotatable bonds is 7. The molecule has 0 aliphatic rings. The van der Waals surface area contributed by atoms with Crippen LogP contribution in [-0.2, 0) is 17.7 Å². The van der Waals surface area contributed by atoms with Crippen molar-refractivity contribution in [1.82, 2.24) is 9.55 Å². The van der Waals surface area contributed by atoms with E-state index in [-0.39, 0.29) is 5.56 Å². The molecule has 0 saturated heterocycles. The van der Waals surface area contributed by atoms with E-state index in [1.54, 1.807) is 30.1 Å². The highest BCUT2D eigenvalue weighted by Crippen LogP contribution is 2.40. The summed E-state index contributed by atoms with van der Waals surface area (Å²) < 4.78 is 12.6. The third kappa shape index (κ3) is 3.64. The van der Waals surface area contributed by atoms with Crippen molar-refractivity contribution in [2.45, 2.75) is 40.2 Å². The first-order valence-corrected chi connectivity index (χ1v) is 10.00. The molecule has 0 radical (unpaired) electrons. The molecule has 6 heteroatoms. The summed E-state index contributed by atoms with van der Waals surface area (Å²) in [5, 5.41) is 0.678. The second-order valence-corrected chi connectivity index (χ2v) is 7.85. The lowest BCUT2D eigenvalue weighted by Gasteiger charge is -2.13. The maximum atomic E-state index is 13.5. The van der Waals surface area contributed by atoms with Crippen LogP contribution in [0, 0.1) is 13.8 Å². The number of nitrogens with zero attached hydrogens (tertiary/aromatic N) is 2. The Labute approximate surface area is 163 Å². The summed E-state index contributed by atoms with van der Waals surface area (Å²) in [7, 11) is 3.31. The third-order valence-electron chi connectivity index (χ3n) is 4.68. The van der Waals surface area contributed by atoms with Gasteiger partial charge in [-0.05, 0) is 32.4 Å². The van der Waals surface area contributed by atoms with Crippen molar-refractivity contribution < 1.29 is 9.47 Å². The Balaban J connectivity index is 2.34. The van der Waals surface area contributed by atoms with Crippen LogP contribution >= 0.6 is 11.3 Å². The van der Waals surface area contributed by atoms with Crippen LogP contribution in [0.1, 0.15) is 29.6 Å². The van der Waals surface area contributed by atoms with Gasteiger partial charge in [0.1, 0.15) is 16.4 Å². The summed E-state index contributed by atoms with van der Waals surface area (Å²) in [5.41, 5.74) is 3.01. The van der Waals surface area contributed by atoms with Gasteiger partial charge in [0.05, 0.1) is 25.6 Å². The van der Waals surface area contributed by atoms with Crippen LogP contribution in [0.25, 0.3) is 21.3 Å². The van der Waals surface area contributed by atoms with Gasteiger partial charge in [-0.2, -0.15) is 0 Å². The van der Waals surface area contributed by atoms with E-state index in [2.05, 4.69) is 13.0 Å². The van der Waals surface area contributed by atoms with E-state index in [1.807, 2.05) is 26.0 Å². The molecule has 3 rings (SSSR count). The lowest BCUT2D eigenvalue weighted by Crippen LogP contribution is -2.27. The van der Waals surface area contributed by atoms with E-state index >= 15 is 0 Å². The zero-order valence-corrected chi connectivity index (χ0v) is 17.4. The number of fused-ring (bicyclic) bond motifs is 1. The minimum absolute atomic E-state index is 0.00316. The second-order valence-electron chi connectivity index (χ2n) is 6.64. The number of methoxy groups -OCH3 is 2. The number of thiophene rings is 1. The number of benzene rings is 1. The number of aromatic nitrogens is 2. The first kappa shape index (κ1) is 19.6. The molecule has 0 saturated carbocycles. The fourth-order valence-corrected chi connectivity index (χ4v) is 4.45. The minimum atomic E-state index is 0.00316. The standard InChI is InChI=1S/C21H26N2O3S/c1-6-7-17-22-20-19(21(24)23(17)10-11-25-4)18(14(3)27-20)15-12-13(2)8-9-16(15)26-5/h8-9,12H,6-7,10-11H2,1-5H3. The van der Waals surface area contributed by atoms with Gasteiger partial charge in [0.25, 0.3) is 5.56 Å². The summed E-state index contributed by atoms with van der Waals surface area (Å²) in [6, 6.07) is 6.04. The predicted molar refractivity (Wildman–Crippen MR) is 111 cm³/mol. The first-order valence-electron chi connectivity index (χ1n) is 9.18. The fraction of sp³-hybridized carbons (Fsp3) is 0.429. The number of hydrogen-bond donors (Lipinski definition) is 0. The summed E-state index contributed by atoms with van der Waals surface area (Å²) in [4.78, 5) is 20.2. The Hall–Kier alpha value is -2.18. The molecule has 0 fully saturated rings. The van der Waals surface area contributed by atoms with Crippen molar-refractivity contribution in [2.24, 2.45) is 0 Å². The molecule has 1 aromatic carbocycles. The molecule has 0 spiro atoms. The van der Waals surface area contributed by atoms with E-state index < -0.39 is 0 Å². The van der Waals surface area contributed by atoms with Crippen LogP contribution in [0.4, 0.5) is 0 Å². The Kier molecular flexibility index (Phi) is 5.97. The number of ether oxygens (including phenoxy) is 2. The molecule has 5 nitrogen and oxygen atoms in total. The van der Waals surface area contributed by atoms with Crippen LogP contribution in [0.2, 0.25) is 0 Å². The molecule has 0 unspecified atom stereocenters. The van der Waals surface area contributed by atoms with Crippen LogP contribution in [0.15, 0.2) is 23.0 Å². The fourth-order valence-electron chi connectivity index (χ4n) is 3.41. The second kappa shape index (κ2) is 8.23. The quantitative estimate of drug-likeness (QED) is 0.606. The zero-order valence-electron chi connectivity index (χ0n) is 16.6. The first-order chi connectivity index (χ1) is 13.0. The molecule has 0 atom stereocenters. The molecule has 0 bridgehead atoms. The van der Waals surface area contributed by atoms with Gasteiger partial charge in [0.15, 0.2) is 0 Å². The highest BCUT2D eigenvalue weighted by atomic mass is 32.1. The molecular formula is C21H26N2O3S. The van der Waals surface area contributed by atoms with Crippen molar-refractivity contribution in [3.05, 3.63) is 44.8 Å². The highest BCUT2D eigenvalue weighted by molar-refractivity contribution is 7.19. The molecule has 3 aromatic rings. The van der Waals surface area contributed by atoms with Gasteiger partial charge < -0.3 is 9.47 Å². The summed E-state index contributed by atoms with van der Waals surface area (Å²) in [5.74, 6) is 1.60. The van der Waals surface area contributed by atoms with Crippen molar-refractivity contribution in [3.63, 3.8) is 0 Å². The molecule has 0 aliphatic carbocycles. The van der Waals surface area contributed by atoms with E-state index in [4.69, 9.17) is 14.5 Å². The van der Waals surface area contributed by atoms with Gasteiger partial charge in [-0.25, -0.2) is 4.98 Å². The Morgan fingerprint density at radius 3 is 2.67 bits per heavy atom. The molecule has 0 N–H and O–H groups in total. The topological polar surface area (TPSA) is 53.3 Å². The molecule has 2 aromatic heterocycles. The van der Waals surface area contributed by atoms with Crippen LogP contribution in [0.3, 0.4) is 0 Å². The Morgan fingerprint density at radius 1 is 1.22 bits per heavy atom. The van der Waals surface area contributed by atoms with E-state index in [0.717, 1.165) is 50.8 Å². The maximum Gasteiger partial charge on any atom is 0.262 e. The summed E-state index contributed by atoms with van der Waals surface area (Å²) in [6.07, 6.45) is 1.71. The molecule has 27 heavy (non-hydrogen) atoms. The number of aryl methyl sites for hydroxylation is 3. The van der Waals surface area contributed by atoms with Crippen LogP contribution in [0.5, 0.6) is 5.75 Å². The van der Waals surface area contributed by atoms with E-state index in [9.17, 15) is 4.79 Å². The van der Waals surface area contributed by atoms with Crippen molar-refractivity contribution in [2.75, 3.05) is 20.8 Å². The Bertz CT molecular complexity index is 1020. The summed E-state index contributed by atoms with van der Waals surface area (Å²) in [6.45, 7) is 7.17. The van der Waals surface area contributed by atoms with Gasteiger partial charge in [-0.15, -0.1) is 11.3 Å². The van der Waals surface area contributed by atoms with Gasteiger partial charge in [-0.1, -0.05) is 18.6 Å². The van der Waals surface area contributed by atoms with Crippen molar-refractivity contribution in [1.29, 1.82) is 0 Å². The molecule has 0 aliphatic heterocycles. The maximum absolute atomic E-state index is 13.5. The zero-order chi connectivity index (χ0) is 19.6. The van der Waals surface area contributed by atoms with Crippen LogP contribution < -0.4 is 10.3 Å². The molecular weight excluding hydrogens is 360 g/mol. The Morgan fingerprint density at radius 2 is 2.00 bits per heavy atom. The molecule has 0 amide bonds. The van der Waals surface area contributed by atoms with Gasteiger partial charge in [0, 0.05) is 29.5 Å². The SMILES string of the molecule is CCCc1nc2sc(C)c(-c3cc(C)ccc3OC)c2c(=O)n1CCOC. The van der Waals surface area contributed by atoms with Gasteiger partial charge >= 0.3 is 0 Å². The van der Waals surface area contributed by atoms with Gasteiger partial charge in [0.2, 0.25) is 0 Å². The monoisotopic (exact) mass is 386 g/mol. The average molecular weight is 387 g/mol. The van der Waals surface area contributed by atoms with E-state index in [1.165, 1.54) is 0 Å². The lowest BCUT2D eigenvalue weighted by atomic mass is 10.0. The largest absolute Gasteiger partial charge is 0.496 e. The lowest BCUT2D eigenvalue weighted by molar-refractivity contribution is 0.185. The molecule has 144 valence electrons. The third-order valence-corrected chi connectivity index (χ3v) is 5.68. The van der Waals surface area contributed by atoms with Crippen molar-refractivity contribution >= 4 is 21.6 Å². The summed E-state index contributed by atoms with van der Waals surface area (Å²) >= 11 is 1.57. The number of hydrogen-bond acceptors (Lipinski definition) is 5. The van der Waals surface area contributed by atoms with Crippen LogP contribution in [-0.4, -0.2) is 30.4 Å². The normalized spacial score (nSPS) is 11.3. The molecule has 2 heterocycles.